The lowest BCUT2D eigenvalue weighted by atomic mass is 9.95. The Balaban J connectivity index is 2.03. The maximum atomic E-state index is 14.2. The normalized spacial score (nSPS) is 16.0. The van der Waals surface area contributed by atoms with E-state index in [2.05, 4.69) is 4.98 Å². The van der Waals surface area contributed by atoms with Crippen LogP contribution in [0, 0.1) is 12.7 Å². The van der Waals surface area contributed by atoms with E-state index in [0.717, 1.165) is 41.7 Å². The van der Waals surface area contributed by atoms with Crippen LogP contribution in [0.1, 0.15) is 41.6 Å². The Morgan fingerprint density at radius 1 is 1.26 bits per heavy atom. The van der Waals surface area contributed by atoms with E-state index in [-0.39, 0.29) is 11.3 Å². The zero-order chi connectivity index (χ0) is 16.4. The van der Waals surface area contributed by atoms with E-state index in [1.807, 2.05) is 25.1 Å². The van der Waals surface area contributed by atoms with Gasteiger partial charge in [0.25, 0.3) is 0 Å². The minimum absolute atomic E-state index is 0.208. The van der Waals surface area contributed by atoms with Crippen molar-refractivity contribution in [2.75, 3.05) is 0 Å². The number of nitrogens with zero attached hydrogens (tertiary/aromatic N) is 1. The zero-order valence-electron chi connectivity index (χ0n) is 12.8. The highest BCUT2D eigenvalue weighted by Crippen LogP contribution is 2.40. The predicted molar refractivity (Wildman–Crippen MR) is 88.7 cm³/mol. The predicted octanol–water partition coefficient (Wildman–Crippen LogP) is 4.00. The third-order valence-corrected chi connectivity index (χ3v) is 4.77. The van der Waals surface area contributed by atoms with Gasteiger partial charge in [0.2, 0.25) is 0 Å². The number of pyridine rings is 1. The molecule has 5 heteroatoms. The fourth-order valence-electron chi connectivity index (χ4n) is 3.14. The summed E-state index contributed by atoms with van der Waals surface area (Å²) in [4.78, 5) is 4.34. The topological polar surface area (TPSA) is 53.0 Å². The number of allylic oxidation sites excluding steroid dienone is 2. The number of aromatic nitrogens is 1. The Morgan fingerprint density at radius 3 is 2.74 bits per heavy atom. The van der Waals surface area contributed by atoms with E-state index >= 15 is 0 Å². The molecular weight excluding hydrogens is 313 g/mol. The fraction of sp³-hybridized carbons (Fsp3) is 0.278. The van der Waals surface area contributed by atoms with Crippen molar-refractivity contribution in [3.05, 3.63) is 64.7 Å². The summed E-state index contributed by atoms with van der Waals surface area (Å²) in [5.41, 5.74) is 5.48. The number of hydrogen-bond donors (Lipinski definition) is 0. The van der Waals surface area contributed by atoms with Crippen molar-refractivity contribution in [2.45, 2.75) is 31.9 Å². The Hall–Kier alpha value is -1.85. The lowest BCUT2D eigenvalue weighted by Gasteiger charge is -2.12. The molecule has 120 valence electrons. The maximum Gasteiger partial charge on any atom is 0.127 e. The van der Waals surface area contributed by atoms with E-state index in [0.29, 0.717) is 0 Å². The number of hydrogen-bond acceptors (Lipinski definition) is 3. The summed E-state index contributed by atoms with van der Waals surface area (Å²) in [6, 6.07) is 8.80. The lowest BCUT2D eigenvalue weighted by molar-refractivity contribution is 0.533. The van der Waals surface area contributed by atoms with Gasteiger partial charge in [-0.05, 0) is 66.2 Å². The summed E-state index contributed by atoms with van der Waals surface area (Å²) in [5, 5.41) is 0. The van der Waals surface area contributed by atoms with Crippen molar-refractivity contribution in [1.82, 2.24) is 4.98 Å². The first-order chi connectivity index (χ1) is 11.1. The molecule has 1 atom stereocenters. The largest absolute Gasteiger partial charge is 0.772 e. The van der Waals surface area contributed by atoms with Gasteiger partial charge >= 0.3 is 0 Å². The Bertz CT molecular complexity index is 801. The van der Waals surface area contributed by atoms with Crippen molar-refractivity contribution >= 4 is 22.2 Å². The summed E-state index contributed by atoms with van der Waals surface area (Å²) in [5.74, 6) is -0.756. The molecule has 1 heterocycles. The molecule has 3 rings (SSSR count). The van der Waals surface area contributed by atoms with Crippen molar-refractivity contribution in [3.8, 4) is 0 Å². The SMILES string of the molecule is Cc1ncccc1C1=C(c2ccc(CS(=O)[O-])c(F)c2)CCC1. The van der Waals surface area contributed by atoms with Gasteiger partial charge in [-0.25, -0.2) is 4.39 Å². The molecule has 0 amide bonds. The first-order valence-corrected chi connectivity index (χ1v) is 8.79. The molecule has 0 radical (unpaired) electrons. The van der Waals surface area contributed by atoms with Crippen molar-refractivity contribution in [2.24, 2.45) is 0 Å². The van der Waals surface area contributed by atoms with Crippen LogP contribution in [-0.2, 0) is 16.8 Å². The Morgan fingerprint density at radius 2 is 2.04 bits per heavy atom. The monoisotopic (exact) mass is 330 g/mol. The van der Waals surface area contributed by atoms with Gasteiger partial charge in [-0.3, -0.25) is 9.19 Å². The van der Waals surface area contributed by atoms with Crippen LogP contribution in [0.25, 0.3) is 11.1 Å². The van der Waals surface area contributed by atoms with Crippen LogP contribution in [0.5, 0.6) is 0 Å². The summed E-state index contributed by atoms with van der Waals surface area (Å²) >= 11 is -2.29. The molecular formula is C18H17FNO2S-. The molecule has 1 unspecified atom stereocenters. The summed E-state index contributed by atoms with van der Waals surface area (Å²) in [6.07, 6.45) is 4.66. The first-order valence-electron chi connectivity index (χ1n) is 7.55. The molecule has 0 spiro atoms. The van der Waals surface area contributed by atoms with Crippen LogP contribution < -0.4 is 0 Å². The van der Waals surface area contributed by atoms with Gasteiger partial charge in [-0.15, -0.1) is 0 Å². The van der Waals surface area contributed by atoms with Gasteiger partial charge < -0.3 is 4.55 Å². The second-order valence-electron chi connectivity index (χ2n) is 5.70. The lowest BCUT2D eigenvalue weighted by Crippen LogP contribution is -1.98. The highest BCUT2D eigenvalue weighted by atomic mass is 32.2. The van der Waals surface area contributed by atoms with Crippen LogP contribution in [0.2, 0.25) is 0 Å². The molecule has 0 bridgehead atoms. The van der Waals surface area contributed by atoms with Crippen molar-refractivity contribution < 1.29 is 13.2 Å². The molecule has 3 nitrogen and oxygen atoms in total. The number of halogens is 1. The smallest absolute Gasteiger partial charge is 0.127 e. The molecule has 0 saturated heterocycles. The Kier molecular flexibility index (Phi) is 4.68. The first kappa shape index (κ1) is 16.0. The average molecular weight is 330 g/mol. The molecule has 1 aromatic carbocycles. The third kappa shape index (κ3) is 3.41. The van der Waals surface area contributed by atoms with Gasteiger partial charge in [0.15, 0.2) is 0 Å². The van der Waals surface area contributed by atoms with Gasteiger partial charge in [0.1, 0.15) is 5.82 Å². The highest BCUT2D eigenvalue weighted by Gasteiger charge is 2.20. The maximum absolute atomic E-state index is 14.2. The van der Waals surface area contributed by atoms with E-state index < -0.39 is 16.9 Å². The summed E-state index contributed by atoms with van der Waals surface area (Å²) in [6.45, 7) is 1.98. The molecule has 0 fully saturated rings. The van der Waals surface area contributed by atoms with Gasteiger partial charge in [0, 0.05) is 17.6 Å². The number of aryl methyl sites for hydroxylation is 1. The molecule has 0 saturated carbocycles. The average Bonchev–Trinajstić information content (AvgIpc) is 2.98. The molecule has 23 heavy (non-hydrogen) atoms. The molecule has 2 aromatic rings. The number of benzene rings is 1. The second-order valence-corrected chi connectivity index (χ2v) is 6.60. The van der Waals surface area contributed by atoms with E-state index in [1.54, 1.807) is 12.3 Å². The molecule has 1 aliphatic rings. The van der Waals surface area contributed by atoms with Crippen molar-refractivity contribution in [1.29, 1.82) is 0 Å². The van der Waals surface area contributed by atoms with Crippen LogP contribution >= 0.6 is 0 Å². The van der Waals surface area contributed by atoms with E-state index in [9.17, 15) is 13.2 Å². The van der Waals surface area contributed by atoms with Gasteiger partial charge in [-0.1, -0.05) is 29.3 Å². The quantitative estimate of drug-likeness (QED) is 0.796. The van der Waals surface area contributed by atoms with Gasteiger partial charge in [0.05, 0.1) is 0 Å². The zero-order valence-corrected chi connectivity index (χ0v) is 13.7. The Labute approximate surface area is 137 Å². The van der Waals surface area contributed by atoms with Crippen LogP contribution in [0.15, 0.2) is 36.5 Å². The fourth-order valence-corrected chi connectivity index (χ4v) is 3.63. The molecule has 1 aromatic heterocycles. The van der Waals surface area contributed by atoms with Crippen LogP contribution in [0.4, 0.5) is 4.39 Å². The van der Waals surface area contributed by atoms with Crippen LogP contribution in [0.3, 0.4) is 0 Å². The van der Waals surface area contributed by atoms with Crippen molar-refractivity contribution in [3.63, 3.8) is 0 Å². The molecule has 1 aliphatic carbocycles. The third-order valence-electron chi connectivity index (χ3n) is 4.22. The summed E-state index contributed by atoms with van der Waals surface area (Å²) < 4.78 is 35.7. The summed E-state index contributed by atoms with van der Waals surface area (Å²) in [7, 11) is 0. The van der Waals surface area contributed by atoms with E-state index in [4.69, 9.17) is 0 Å². The van der Waals surface area contributed by atoms with Crippen LogP contribution in [-0.4, -0.2) is 13.7 Å². The standard InChI is InChI=1S/C18H18FNO2S/c1-12-15(6-3-9-20-12)17-5-2-4-16(17)13-7-8-14(11-23(21)22)18(19)10-13/h3,6-10H,2,4-5,11H2,1H3,(H,21,22)/p-1. The molecule has 0 N–H and O–H groups in total. The minimum atomic E-state index is -2.29. The second kappa shape index (κ2) is 6.72. The van der Waals surface area contributed by atoms with E-state index in [1.165, 1.54) is 11.6 Å². The minimum Gasteiger partial charge on any atom is -0.772 e. The highest BCUT2D eigenvalue weighted by molar-refractivity contribution is 7.78. The van der Waals surface area contributed by atoms with Gasteiger partial charge in [-0.2, -0.15) is 0 Å². The molecule has 0 aliphatic heterocycles. The number of rotatable bonds is 4.